The molecule has 0 fully saturated rings. The first-order valence-electron chi connectivity index (χ1n) is 10.2. The fourth-order valence-corrected chi connectivity index (χ4v) is 3.72. The lowest BCUT2D eigenvalue weighted by molar-refractivity contribution is -0.122. The summed E-state index contributed by atoms with van der Waals surface area (Å²) in [7, 11) is 0. The van der Waals surface area contributed by atoms with Gasteiger partial charge in [0.25, 0.3) is 0 Å². The highest BCUT2D eigenvalue weighted by Gasteiger charge is 2.19. The van der Waals surface area contributed by atoms with E-state index in [1.54, 1.807) is 22.8 Å². The Morgan fingerprint density at radius 2 is 1.71 bits per heavy atom. The molecule has 12 heteroatoms. The van der Waals surface area contributed by atoms with Crippen molar-refractivity contribution in [3.63, 3.8) is 0 Å². The van der Waals surface area contributed by atoms with Crippen molar-refractivity contribution >= 4 is 29.3 Å². The summed E-state index contributed by atoms with van der Waals surface area (Å²) < 4.78 is 55.9. The molecule has 0 aliphatic rings. The van der Waals surface area contributed by atoms with E-state index >= 15 is 0 Å². The summed E-state index contributed by atoms with van der Waals surface area (Å²) in [5, 5.41) is 13.0. The first-order valence-corrected chi connectivity index (χ1v) is 11.2. The number of benzene rings is 2. The van der Waals surface area contributed by atoms with Crippen LogP contribution in [0.25, 0.3) is 11.4 Å². The van der Waals surface area contributed by atoms with Gasteiger partial charge in [-0.1, -0.05) is 37.7 Å². The third-order valence-electron chi connectivity index (χ3n) is 4.47. The van der Waals surface area contributed by atoms with Gasteiger partial charge in [-0.25, -0.2) is 17.6 Å². The van der Waals surface area contributed by atoms with Crippen LogP contribution in [0.1, 0.15) is 13.8 Å². The largest absolute Gasteiger partial charge is 0.346 e. The van der Waals surface area contributed by atoms with Crippen molar-refractivity contribution in [2.24, 2.45) is 5.92 Å². The lowest BCUT2D eigenvalue weighted by atomic mass is 10.2. The maximum atomic E-state index is 14.3. The van der Waals surface area contributed by atoms with Crippen LogP contribution >= 0.6 is 11.8 Å². The van der Waals surface area contributed by atoms with Gasteiger partial charge in [0.2, 0.25) is 11.8 Å². The SMILES string of the molecule is CC(C)Cn1c(SCC(=O)NCC(=O)Nc2ccc(F)c(F)c2F)nnc1-c1ccccc1F. The summed E-state index contributed by atoms with van der Waals surface area (Å²) in [5.41, 5.74) is -0.261. The van der Waals surface area contributed by atoms with E-state index in [0.717, 1.165) is 17.8 Å². The van der Waals surface area contributed by atoms with Gasteiger partial charge in [-0.3, -0.25) is 9.59 Å². The molecular formula is C22H21F4N5O2S. The molecule has 34 heavy (non-hydrogen) atoms. The van der Waals surface area contributed by atoms with Gasteiger partial charge in [-0.2, -0.15) is 0 Å². The highest BCUT2D eigenvalue weighted by Crippen LogP contribution is 2.27. The average molecular weight is 496 g/mol. The number of thioether (sulfide) groups is 1. The van der Waals surface area contributed by atoms with Crippen molar-refractivity contribution in [2.75, 3.05) is 17.6 Å². The summed E-state index contributed by atoms with van der Waals surface area (Å²) >= 11 is 1.05. The maximum Gasteiger partial charge on any atom is 0.243 e. The van der Waals surface area contributed by atoms with E-state index in [-0.39, 0.29) is 17.2 Å². The summed E-state index contributed by atoms with van der Waals surface area (Å²) in [6, 6.07) is 7.71. The molecule has 2 aromatic carbocycles. The van der Waals surface area contributed by atoms with Crippen LogP contribution < -0.4 is 10.6 Å². The number of nitrogens with one attached hydrogen (secondary N) is 2. The van der Waals surface area contributed by atoms with Gasteiger partial charge in [-0.15, -0.1) is 10.2 Å². The number of nitrogens with zero attached hydrogens (tertiary/aromatic N) is 3. The molecule has 0 unspecified atom stereocenters. The Morgan fingerprint density at radius 1 is 0.971 bits per heavy atom. The van der Waals surface area contributed by atoms with Crippen molar-refractivity contribution < 1.29 is 27.2 Å². The number of amides is 2. The minimum absolute atomic E-state index is 0.125. The fraction of sp³-hybridized carbons (Fsp3) is 0.273. The molecule has 180 valence electrons. The number of hydrogen-bond acceptors (Lipinski definition) is 5. The van der Waals surface area contributed by atoms with Gasteiger partial charge in [-0.05, 0) is 30.2 Å². The molecule has 3 rings (SSSR count). The molecule has 2 amide bonds. The second-order valence-corrected chi connectivity index (χ2v) is 8.57. The second-order valence-electron chi connectivity index (χ2n) is 7.63. The van der Waals surface area contributed by atoms with Gasteiger partial charge < -0.3 is 15.2 Å². The maximum absolute atomic E-state index is 14.3. The number of carbonyl (C=O) groups is 2. The molecule has 0 saturated heterocycles. The lowest BCUT2D eigenvalue weighted by Crippen LogP contribution is -2.34. The summed E-state index contributed by atoms with van der Waals surface area (Å²) in [6.45, 7) is 3.92. The van der Waals surface area contributed by atoms with E-state index in [1.165, 1.54) is 6.07 Å². The summed E-state index contributed by atoms with van der Waals surface area (Å²) in [5.74, 6) is -6.03. The molecule has 3 aromatic rings. The van der Waals surface area contributed by atoms with Crippen molar-refractivity contribution in [2.45, 2.75) is 25.5 Å². The van der Waals surface area contributed by atoms with Crippen molar-refractivity contribution in [3.8, 4) is 11.4 Å². The molecule has 1 heterocycles. The van der Waals surface area contributed by atoms with Crippen LogP contribution in [0.5, 0.6) is 0 Å². The molecule has 0 spiro atoms. The van der Waals surface area contributed by atoms with Crippen molar-refractivity contribution in [1.29, 1.82) is 0 Å². The van der Waals surface area contributed by atoms with Crippen LogP contribution in [0, 0.1) is 29.2 Å². The van der Waals surface area contributed by atoms with Gasteiger partial charge in [0.05, 0.1) is 23.5 Å². The molecule has 0 saturated carbocycles. The molecule has 0 atom stereocenters. The second kappa shape index (κ2) is 11.1. The Kier molecular flexibility index (Phi) is 8.26. The molecule has 7 nitrogen and oxygen atoms in total. The van der Waals surface area contributed by atoms with Crippen LogP contribution in [0.3, 0.4) is 0 Å². The topological polar surface area (TPSA) is 88.9 Å². The predicted octanol–water partition coefficient (Wildman–Crippen LogP) is 4.00. The number of hydrogen-bond donors (Lipinski definition) is 2. The monoisotopic (exact) mass is 495 g/mol. The zero-order valence-electron chi connectivity index (χ0n) is 18.2. The quantitative estimate of drug-likeness (QED) is 0.266. The number of halogens is 4. The van der Waals surface area contributed by atoms with Crippen molar-refractivity contribution in [3.05, 3.63) is 59.7 Å². The van der Waals surface area contributed by atoms with E-state index in [2.05, 4.69) is 20.8 Å². The van der Waals surface area contributed by atoms with Crippen LogP contribution in [0.15, 0.2) is 41.6 Å². The predicted molar refractivity (Wildman–Crippen MR) is 119 cm³/mol. The third-order valence-corrected chi connectivity index (χ3v) is 5.43. The first-order chi connectivity index (χ1) is 16.2. The standard InChI is InChI=1S/C22H21F4N5O2S/c1-12(2)10-31-21(13-5-3-4-6-14(13)23)29-30-22(31)34-11-18(33)27-9-17(32)28-16-8-7-15(24)19(25)20(16)26/h3-8,12H,9-11H2,1-2H3,(H,27,33)(H,28,32). The van der Waals surface area contributed by atoms with E-state index in [0.29, 0.717) is 23.6 Å². The zero-order valence-corrected chi connectivity index (χ0v) is 19.1. The van der Waals surface area contributed by atoms with E-state index in [9.17, 15) is 27.2 Å². The lowest BCUT2D eigenvalue weighted by Gasteiger charge is -2.13. The molecule has 0 aliphatic carbocycles. The van der Waals surface area contributed by atoms with Crippen LogP contribution in [0.2, 0.25) is 0 Å². The number of aromatic nitrogens is 3. The number of anilines is 1. The average Bonchev–Trinajstić information content (AvgIpc) is 3.18. The highest BCUT2D eigenvalue weighted by atomic mass is 32.2. The molecule has 0 aliphatic heterocycles. The molecule has 0 bridgehead atoms. The molecule has 0 radical (unpaired) electrons. The fourth-order valence-electron chi connectivity index (χ4n) is 2.94. The minimum Gasteiger partial charge on any atom is -0.346 e. The van der Waals surface area contributed by atoms with Crippen molar-refractivity contribution in [1.82, 2.24) is 20.1 Å². The summed E-state index contributed by atoms with van der Waals surface area (Å²) in [6.07, 6.45) is 0. The molecule has 2 N–H and O–H groups in total. The number of rotatable bonds is 9. The number of carbonyl (C=O) groups excluding carboxylic acids is 2. The molecular weight excluding hydrogens is 474 g/mol. The highest BCUT2D eigenvalue weighted by molar-refractivity contribution is 7.99. The van der Waals surface area contributed by atoms with Gasteiger partial charge in [0.15, 0.2) is 28.4 Å². The van der Waals surface area contributed by atoms with Crippen LogP contribution in [-0.2, 0) is 16.1 Å². The van der Waals surface area contributed by atoms with E-state index in [4.69, 9.17) is 0 Å². The molecule has 1 aromatic heterocycles. The van der Waals surface area contributed by atoms with E-state index < -0.39 is 47.3 Å². The van der Waals surface area contributed by atoms with Gasteiger partial charge >= 0.3 is 0 Å². The van der Waals surface area contributed by atoms with Gasteiger partial charge in [0.1, 0.15) is 5.82 Å². The van der Waals surface area contributed by atoms with Crippen LogP contribution in [-0.4, -0.2) is 38.9 Å². The smallest absolute Gasteiger partial charge is 0.243 e. The zero-order chi connectivity index (χ0) is 24.8. The Labute approximate surface area is 197 Å². The van der Waals surface area contributed by atoms with E-state index in [1.807, 2.05) is 13.8 Å². The van der Waals surface area contributed by atoms with Gasteiger partial charge in [0, 0.05) is 6.54 Å². The summed E-state index contributed by atoms with van der Waals surface area (Å²) in [4.78, 5) is 24.1. The Balaban J connectivity index is 1.60. The minimum atomic E-state index is -1.71. The van der Waals surface area contributed by atoms with Crippen LogP contribution in [0.4, 0.5) is 23.2 Å². The normalized spacial score (nSPS) is 11.0. The third kappa shape index (κ3) is 6.13. The Bertz CT molecular complexity index is 1200. The first kappa shape index (κ1) is 25.2. The Morgan fingerprint density at radius 3 is 2.41 bits per heavy atom. The Hall–Kier alpha value is -3.41.